The monoisotopic (exact) mass is 212 g/mol. The molecule has 1 heterocycles. The summed E-state index contributed by atoms with van der Waals surface area (Å²) in [7, 11) is 0. The lowest BCUT2D eigenvalue weighted by Crippen LogP contribution is -2.36. The number of hydrogen-bond acceptors (Lipinski definition) is 5. The molecule has 0 aromatic heterocycles. The van der Waals surface area contributed by atoms with Gasteiger partial charge in [-0.15, -0.1) is 6.42 Å². The first-order valence-electron chi connectivity index (χ1n) is 4.46. The first-order chi connectivity index (χ1) is 7.04. The average molecular weight is 212 g/mol. The van der Waals surface area contributed by atoms with Crippen LogP contribution in [0.25, 0.3) is 0 Å². The van der Waals surface area contributed by atoms with Gasteiger partial charge in [0.25, 0.3) is 0 Å². The molecule has 0 aromatic carbocycles. The molecule has 3 atom stereocenters. The molecule has 0 radical (unpaired) electrons. The first-order valence-corrected chi connectivity index (χ1v) is 4.46. The van der Waals surface area contributed by atoms with Gasteiger partial charge in [0, 0.05) is 13.8 Å². The van der Waals surface area contributed by atoms with Crippen molar-refractivity contribution in [2.45, 2.75) is 32.2 Å². The Bertz CT molecular complexity index is 303. The minimum Gasteiger partial charge on any atom is -0.456 e. The third kappa shape index (κ3) is 2.96. The summed E-state index contributed by atoms with van der Waals surface area (Å²) in [6, 6.07) is 0. The molecule has 0 bridgehead atoms. The van der Waals surface area contributed by atoms with Crippen LogP contribution in [-0.4, -0.2) is 36.9 Å². The summed E-state index contributed by atoms with van der Waals surface area (Å²) in [4.78, 5) is 21.6. The summed E-state index contributed by atoms with van der Waals surface area (Å²) in [5.74, 6) is 1.39. The van der Waals surface area contributed by atoms with Crippen LogP contribution in [0.4, 0.5) is 0 Å². The summed E-state index contributed by atoms with van der Waals surface area (Å²) in [6.45, 7) is 2.68. The lowest BCUT2D eigenvalue weighted by atomic mass is 10.1. The van der Waals surface area contributed by atoms with E-state index in [2.05, 4.69) is 5.92 Å². The zero-order valence-electron chi connectivity index (χ0n) is 8.56. The summed E-state index contributed by atoms with van der Waals surface area (Å²) >= 11 is 0. The first kappa shape index (κ1) is 11.5. The van der Waals surface area contributed by atoms with Crippen LogP contribution in [0, 0.1) is 12.3 Å². The van der Waals surface area contributed by atoms with Gasteiger partial charge in [0.15, 0.2) is 18.3 Å². The van der Waals surface area contributed by atoms with E-state index < -0.39 is 30.3 Å². The van der Waals surface area contributed by atoms with E-state index in [9.17, 15) is 9.59 Å². The average Bonchev–Trinajstić information content (AvgIpc) is 2.47. The maximum atomic E-state index is 10.8. The van der Waals surface area contributed by atoms with Crippen molar-refractivity contribution >= 4 is 11.9 Å². The third-order valence-corrected chi connectivity index (χ3v) is 1.89. The Balaban J connectivity index is 2.67. The predicted octanol–water partition coefficient (Wildman–Crippen LogP) is -0.118. The number of hydrogen-bond donors (Lipinski definition) is 0. The Morgan fingerprint density at radius 2 is 1.93 bits per heavy atom. The number of terminal acetylenes is 1. The van der Waals surface area contributed by atoms with Crippen molar-refractivity contribution < 1.29 is 23.8 Å². The van der Waals surface area contributed by atoms with Crippen LogP contribution < -0.4 is 0 Å². The number of ether oxygens (including phenoxy) is 3. The Hall–Kier alpha value is -1.54. The predicted molar refractivity (Wildman–Crippen MR) is 49.7 cm³/mol. The number of carbonyl (C=O) groups excluding carboxylic acids is 2. The van der Waals surface area contributed by atoms with E-state index in [-0.39, 0.29) is 6.61 Å². The topological polar surface area (TPSA) is 61.8 Å². The van der Waals surface area contributed by atoms with Gasteiger partial charge in [0.1, 0.15) is 0 Å². The molecule has 0 spiro atoms. The molecule has 5 heteroatoms. The highest BCUT2D eigenvalue weighted by Crippen LogP contribution is 2.20. The van der Waals surface area contributed by atoms with Gasteiger partial charge in [0.05, 0.1) is 6.61 Å². The summed E-state index contributed by atoms with van der Waals surface area (Å²) in [5.41, 5.74) is 0. The zero-order valence-corrected chi connectivity index (χ0v) is 8.56. The highest BCUT2D eigenvalue weighted by Gasteiger charge is 2.41. The van der Waals surface area contributed by atoms with E-state index in [0.29, 0.717) is 0 Å². The van der Waals surface area contributed by atoms with E-state index in [1.54, 1.807) is 0 Å². The molecule has 1 saturated heterocycles. The fourth-order valence-electron chi connectivity index (χ4n) is 1.37. The molecule has 1 aliphatic heterocycles. The molecule has 1 aliphatic rings. The second kappa shape index (κ2) is 4.80. The molecule has 0 N–H and O–H groups in total. The molecule has 0 aromatic rings. The van der Waals surface area contributed by atoms with Gasteiger partial charge in [0.2, 0.25) is 0 Å². The van der Waals surface area contributed by atoms with E-state index in [1.807, 2.05) is 0 Å². The maximum Gasteiger partial charge on any atom is 0.303 e. The van der Waals surface area contributed by atoms with Gasteiger partial charge in [-0.25, -0.2) is 0 Å². The van der Waals surface area contributed by atoms with Crippen molar-refractivity contribution in [3.05, 3.63) is 0 Å². The smallest absolute Gasteiger partial charge is 0.303 e. The molecule has 15 heavy (non-hydrogen) atoms. The van der Waals surface area contributed by atoms with E-state index in [0.717, 1.165) is 0 Å². The van der Waals surface area contributed by atoms with Crippen LogP contribution in [0.5, 0.6) is 0 Å². The SMILES string of the molecule is C#CC1OCC(OC(C)=O)C1OC(C)=O. The lowest BCUT2D eigenvalue weighted by molar-refractivity contribution is -0.161. The molecule has 1 rings (SSSR count). The standard InChI is InChI=1S/C10H12O5/c1-4-8-10(15-7(3)12)9(5-13-8)14-6(2)11/h1,8-10H,5H2,2-3H3. The second-order valence-electron chi connectivity index (χ2n) is 3.14. The number of carbonyl (C=O) groups is 2. The van der Waals surface area contributed by atoms with Crippen LogP contribution in [0.1, 0.15) is 13.8 Å². The minimum atomic E-state index is -0.712. The van der Waals surface area contributed by atoms with Gasteiger partial charge < -0.3 is 14.2 Å². The van der Waals surface area contributed by atoms with Gasteiger partial charge in [-0.3, -0.25) is 9.59 Å². The molecular weight excluding hydrogens is 200 g/mol. The van der Waals surface area contributed by atoms with Crippen LogP contribution in [0.2, 0.25) is 0 Å². The molecule has 0 amide bonds. The highest BCUT2D eigenvalue weighted by atomic mass is 16.6. The second-order valence-corrected chi connectivity index (χ2v) is 3.14. The van der Waals surface area contributed by atoms with Crippen molar-refractivity contribution in [3.63, 3.8) is 0 Å². The summed E-state index contributed by atoms with van der Waals surface area (Å²) in [5, 5.41) is 0. The lowest BCUT2D eigenvalue weighted by Gasteiger charge is -2.19. The van der Waals surface area contributed by atoms with Crippen LogP contribution in [0.3, 0.4) is 0 Å². The Labute approximate surface area is 87.7 Å². The fourth-order valence-corrected chi connectivity index (χ4v) is 1.37. The maximum absolute atomic E-state index is 10.8. The van der Waals surface area contributed by atoms with Crippen LogP contribution in [0.15, 0.2) is 0 Å². The summed E-state index contributed by atoms with van der Waals surface area (Å²) < 4.78 is 15.0. The zero-order chi connectivity index (χ0) is 11.4. The van der Waals surface area contributed by atoms with Gasteiger partial charge in [-0.05, 0) is 0 Å². The van der Waals surface area contributed by atoms with Gasteiger partial charge in [-0.2, -0.15) is 0 Å². The molecule has 5 nitrogen and oxygen atoms in total. The highest BCUT2D eigenvalue weighted by molar-refractivity contribution is 5.67. The third-order valence-electron chi connectivity index (χ3n) is 1.89. The van der Waals surface area contributed by atoms with E-state index >= 15 is 0 Å². The Morgan fingerprint density at radius 1 is 1.33 bits per heavy atom. The van der Waals surface area contributed by atoms with E-state index in [4.69, 9.17) is 20.6 Å². The van der Waals surface area contributed by atoms with Crippen molar-refractivity contribution in [2.75, 3.05) is 6.61 Å². The van der Waals surface area contributed by atoms with Gasteiger partial charge in [-0.1, -0.05) is 5.92 Å². The van der Waals surface area contributed by atoms with Crippen LogP contribution >= 0.6 is 0 Å². The van der Waals surface area contributed by atoms with Crippen molar-refractivity contribution in [1.82, 2.24) is 0 Å². The van der Waals surface area contributed by atoms with E-state index in [1.165, 1.54) is 13.8 Å². The van der Waals surface area contributed by atoms with Gasteiger partial charge >= 0.3 is 11.9 Å². The van der Waals surface area contributed by atoms with Crippen molar-refractivity contribution in [2.24, 2.45) is 0 Å². The molecule has 3 unspecified atom stereocenters. The molecule has 82 valence electrons. The van der Waals surface area contributed by atoms with Crippen LogP contribution in [-0.2, 0) is 23.8 Å². The number of esters is 2. The molecule has 0 saturated carbocycles. The molecule has 1 fully saturated rings. The van der Waals surface area contributed by atoms with Crippen molar-refractivity contribution in [3.8, 4) is 12.3 Å². The molecular formula is C10H12O5. The Morgan fingerprint density at radius 3 is 2.40 bits per heavy atom. The Kier molecular flexibility index (Phi) is 3.69. The minimum absolute atomic E-state index is 0.145. The quantitative estimate of drug-likeness (QED) is 0.472. The fraction of sp³-hybridized carbons (Fsp3) is 0.600. The van der Waals surface area contributed by atoms with Crippen molar-refractivity contribution in [1.29, 1.82) is 0 Å². The summed E-state index contributed by atoms with van der Waals surface area (Å²) in [6.07, 6.45) is 3.20. The number of rotatable bonds is 2. The largest absolute Gasteiger partial charge is 0.456 e. The molecule has 0 aliphatic carbocycles. The normalized spacial score (nSPS) is 29.3.